The first kappa shape index (κ1) is 14.6. The van der Waals surface area contributed by atoms with Crippen LogP contribution in [0.15, 0.2) is 12.7 Å². The van der Waals surface area contributed by atoms with Gasteiger partial charge >= 0.3 is 6.01 Å². The van der Waals surface area contributed by atoms with Crippen molar-refractivity contribution in [2.24, 2.45) is 5.92 Å². The quantitative estimate of drug-likeness (QED) is 0.709. The number of hydrogen-bond donors (Lipinski definition) is 0. The molecule has 0 aliphatic rings. The van der Waals surface area contributed by atoms with Gasteiger partial charge in [0.05, 0.1) is 6.61 Å². The minimum absolute atomic E-state index is 0.0311. The number of rotatable bonds is 7. The maximum atomic E-state index is 5.81. The van der Waals surface area contributed by atoms with Crippen LogP contribution >= 0.6 is 11.6 Å². The van der Waals surface area contributed by atoms with Gasteiger partial charge in [0.15, 0.2) is 0 Å². The van der Waals surface area contributed by atoms with Crippen LogP contribution in [0.4, 0.5) is 0 Å². The Labute approximate surface area is 121 Å². The van der Waals surface area contributed by atoms with Crippen molar-refractivity contribution in [1.29, 1.82) is 0 Å². The van der Waals surface area contributed by atoms with Crippen LogP contribution in [0.5, 0.6) is 6.01 Å². The lowest BCUT2D eigenvalue weighted by Gasteiger charge is -2.08. The Hall–Kier alpha value is -1.80. The molecule has 0 unspecified atom stereocenters. The molecular weight excluding hydrogens is 284 g/mol. The van der Waals surface area contributed by atoms with E-state index in [9.17, 15) is 0 Å². The van der Waals surface area contributed by atoms with Gasteiger partial charge in [0.1, 0.15) is 19.3 Å². The first-order valence-corrected chi connectivity index (χ1v) is 6.50. The van der Waals surface area contributed by atoms with E-state index in [0.717, 1.165) is 0 Å². The van der Waals surface area contributed by atoms with Gasteiger partial charge in [-0.1, -0.05) is 13.8 Å². The second kappa shape index (κ2) is 7.11. The van der Waals surface area contributed by atoms with Gasteiger partial charge in [0.25, 0.3) is 5.95 Å². The average molecular weight is 299 g/mol. The Bertz CT molecular complexity index is 534. The summed E-state index contributed by atoms with van der Waals surface area (Å²) in [6, 6.07) is 0.128. The van der Waals surface area contributed by atoms with Gasteiger partial charge in [-0.25, -0.2) is 4.98 Å². The first-order chi connectivity index (χ1) is 9.65. The molecule has 0 N–H and O–H groups in total. The molecule has 0 spiro atoms. The van der Waals surface area contributed by atoms with Gasteiger partial charge in [0, 0.05) is 6.61 Å². The summed E-state index contributed by atoms with van der Waals surface area (Å²) in [6.45, 7) is 5.64. The van der Waals surface area contributed by atoms with Gasteiger partial charge in [-0.3, -0.25) is 0 Å². The standard InChI is InChI=1S/C11H15ClN6O2/c1-8(2)5-19-3-4-20-11-16-9(12)15-10(17-11)18-7-13-6-14-18/h6-8H,3-5H2,1-2H3. The molecule has 8 nitrogen and oxygen atoms in total. The van der Waals surface area contributed by atoms with Crippen molar-refractivity contribution in [3.63, 3.8) is 0 Å². The van der Waals surface area contributed by atoms with Crippen LogP contribution in [0.1, 0.15) is 13.8 Å². The zero-order valence-corrected chi connectivity index (χ0v) is 12.0. The fraction of sp³-hybridized carbons (Fsp3) is 0.545. The lowest BCUT2D eigenvalue weighted by atomic mass is 10.2. The lowest BCUT2D eigenvalue weighted by Crippen LogP contribution is -2.13. The highest BCUT2D eigenvalue weighted by Gasteiger charge is 2.08. The van der Waals surface area contributed by atoms with E-state index in [-0.39, 0.29) is 17.2 Å². The highest BCUT2D eigenvalue weighted by Crippen LogP contribution is 2.10. The number of halogens is 1. The molecule has 2 aromatic rings. The van der Waals surface area contributed by atoms with Crippen LogP contribution < -0.4 is 4.74 Å². The van der Waals surface area contributed by atoms with Crippen molar-refractivity contribution < 1.29 is 9.47 Å². The number of hydrogen-bond acceptors (Lipinski definition) is 7. The van der Waals surface area contributed by atoms with E-state index >= 15 is 0 Å². The van der Waals surface area contributed by atoms with E-state index in [1.165, 1.54) is 17.3 Å². The number of aromatic nitrogens is 6. The Morgan fingerprint density at radius 2 is 2.10 bits per heavy atom. The predicted octanol–water partition coefficient (Wildman–Crippen LogP) is 1.16. The molecule has 0 bridgehead atoms. The summed E-state index contributed by atoms with van der Waals surface area (Å²) in [5.74, 6) is 0.737. The van der Waals surface area contributed by atoms with Crippen LogP contribution in [-0.4, -0.2) is 49.5 Å². The highest BCUT2D eigenvalue weighted by molar-refractivity contribution is 6.28. The molecule has 0 aliphatic carbocycles. The number of nitrogens with zero attached hydrogens (tertiary/aromatic N) is 6. The minimum atomic E-state index is 0.0311. The highest BCUT2D eigenvalue weighted by atomic mass is 35.5. The third-order valence-electron chi connectivity index (χ3n) is 2.11. The van der Waals surface area contributed by atoms with Crippen molar-refractivity contribution in [3.8, 4) is 12.0 Å². The maximum absolute atomic E-state index is 5.81. The van der Waals surface area contributed by atoms with Crippen LogP contribution in [0.3, 0.4) is 0 Å². The van der Waals surface area contributed by atoms with Crippen LogP contribution in [0.2, 0.25) is 5.28 Å². The predicted molar refractivity (Wildman–Crippen MR) is 70.9 cm³/mol. The van der Waals surface area contributed by atoms with E-state index < -0.39 is 0 Å². The molecule has 2 aromatic heterocycles. The molecule has 2 heterocycles. The van der Waals surface area contributed by atoms with Crippen molar-refractivity contribution in [2.45, 2.75) is 13.8 Å². The van der Waals surface area contributed by atoms with E-state index in [4.69, 9.17) is 21.1 Å². The lowest BCUT2D eigenvalue weighted by molar-refractivity contribution is 0.0791. The molecule has 9 heteroatoms. The van der Waals surface area contributed by atoms with E-state index in [0.29, 0.717) is 25.7 Å². The molecule has 20 heavy (non-hydrogen) atoms. The third-order valence-corrected chi connectivity index (χ3v) is 2.28. The SMILES string of the molecule is CC(C)COCCOc1nc(Cl)nc(-n2cncn2)n1. The van der Waals surface area contributed by atoms with Gasteiger partial charge in [-0.05, 0) is 17.5 Å². The molecule has 0 atom stereocenters. The summed E-state index contributed by atoms with van der Waals surface area (Å²) in [5, 5.41) is 3.94. The normalized spacial score (nSPS) is 11.0. The Morgan fingerprint density at radius 1 is 1.25 bits per heavy atom. The molecule has 108 valence electrons. The molecule has 0 saturated heterocycles. The fourth-order valence-electron chi connectivity index (χ4n) is 1.31. The average Bonchev–Trinajstić information content (AvgIpc) is 2.91. The van der Waals surface area contributed by atoms with E-state index in [2.05, 4.69) is 38.9 Å². The summed E-state index contributed by atoms with van der Waals surface area (Å²) < 4.78 is 12.1. The van der Waals surface area contributed by atoms with Crippen molar-refractivity contribution >= 4 is 11.6 Å². The molecule has 0 aromatic carbocycles. The summed E-state index contributed by atoms with van der Waals surface area (Å²) in [7, 11) is 0. The Balaban J connectivity index is 1.92. The molecular formula is C11H15ClN6O2. The smallest absolute Gasteiger partial charge is 0.322 e. The van der Waals surface area contributed by atoms with Gasteiger partial charge in [0.2, 0.25) is 5.28 Å². The van der Waals surface area contributed by atoms with Crippen LogP contribution in [0.25, 0.3) is 5.95 Å². The van der Waals surface area contributed by atoms with Crippen molar-refractivity contribution in [2.75, 3.05) is 19.8 Å². The molecule has 0 aliphatic heterocycles. The zero-order chi connectivity index (χ0) is 14.4. The van der Waals surface area contributed by atoms with Gasteiger partial charge < -0.3 is 9.47 Å². The van der Waals surface area contributed by atoms with Gasteiger partial charge in [-0.2, -0.15) is 24.7 Å². The molecule has 0 saturated carbocycles. The van der Waals surface area contributed by atoms with Gasteiger partial charge in [-0.15, -0.1) is 0 Å². The van der Waals surface area contributed by atoms with E-state index in [1.807, 2.05) is 0 Å². The summed E-state index contributed by atoms with van der Waals surface area (Å²) in [5.41, 5.74) is 0. The third kappa shape index (κ3) is 4.39. The summed E-state index contributed by atoms with van der Waals surface area (Å²) >= 11 is 5.81. The Kier molecular flexibility index (Phi) is 5.19. The summed E-state index contributed by atoms with van der Waals surface area (Å²) in [6.07, 6.45) is 2.83. The molecule has 0 amide bonds. The maximum Gasteiger partial charge on any atom is 0.322 e. The second-order valence-electron chi connectivity index (χ2n) is 4.34. The monoisotopic (exact) mass is 298 g/mol. The summed E-state index contributed by atoms with van der Waals surface area (Å²) in [4.78, 5) is 15.7. The van der Waals surface area contributed by atoms with Crippen molar-refractivity contribution in [3.05, 3.63) is 17.9 Å². The minimum Gasteiger partial charge on any atom is -0.461 e. The van der Waals surface area contributed by atoms with E-state index in [1.54, 1.807) is 0 Å². The first-order valence-electron chi connectivity index (χ1n) is 6.12. The van der Waals surface area contributed by atoms with Crippen LogP contribution in [-0.2, 0) is 4.74 Å². The van der Waals surface area contributed by atoms with Crippen molar-refractivity contribution in [1.82, 2.24) is 29.7 Å². The molecule has 0 radical (unpaired) electrons. The second-order valence-corrected chi connectivity index (χ2v) is 4.68. The fourth-order valence-corrected chi connectivity index (χ4v) is 1.46. The topological polar surface area (TPSA) is 87.8 Å². The largest absolute Gasteiger partial charge is 0.461 e. The van der Waals surface area contributed by atoms with Crippen LogP contribution in [0, 0.1) is 5.92 Å². The molecule has 2 rings (SSSR count). The molecule has 0 fully saturated rings. The zero-order valence-electron chi connectivity index (χ0n) is 11.2. The number of ether oxygens (including phenoxy) is 2. The Morgan fingerprint density at radius 3 is 2.80 bits per heavy atom.